The van der Waals surface area contributed by atoms with Gasteiger partial charge in [-0.15, -0.1) is 0 Å². The van der Waals surface area contributed by atoms with Gasteiger partial charge in [0.05, 0.1) is 16.8 Å². The zero-order chi connectivity index (χ0) is 17.3. The van der Waals surface area contributed by atoms with Gasteiger partial charge in [-0.1, -0.05) is 36.2 Å². The van der Waals surface area contributed by atoms with Gasteiger partial charge in [0.2, 0.25) is 5.76 Å². The number of amides is 2. The van der Waals surface area contributed by atoms with Gasteiger partial charge in [0, 0.05) is 12.0 Å². The van der Waals surface area contributed by atoms with E-state index in [4.69, 9.17) is 9.36 Å². The van der Waals surface area contributed by atoms with Crippen LogP contribution in [0.25, 0.3) is 0 Å². The Bertz CT molecular complexity index is 772. The van der Waals surface area contributed by atoms with Crippen molar-refractivity contribution in [2.24, 2.45) is 0 Å². The largest absolute Gasteiger partial charge is 0.401 e. The van der Waals surface area contributed by atoms with Crippen molar-refractivity contribution < 1.29 is 23.7 Å². The number of imide groups is 1. The minimum atomic E-state index is -0.936. The Kier molecular flexibility index (Phi) is 4.16. The van der Waals surface area contributed by atoms with Crippen LogP contribution in [0.2, 0.25) is 0 Å². The zero-order valence-electron chi connectivity index (χ0n) is 13.3. The molecule has 2 amide bonds. The highest BCUT2D eigenvalue weighted by atomic mass is 16.7. The van der Waals surface area contributed by atoms with Crippen molar-refractivity contribution in [1.29, 1.82) is 0 Å². The van der Waals surface area contributed by atoms with Gasteiger partial charge in [-0.05, 0) is 25.0 Å². The second kappa shape index (κ2) is 6.27. The Morgan fingerprint density at radius 2 is 1.75 bits per heavy atom. The van der Waals surface area contributed by atoms with Crippen molar-refractivity contribution in [1.82, 2.24) is 10.2 Å². The molecule has 0 bridgehead atoms. The molecule has 0 spiro atoms. The first kappa shape index (κ1) is 15.9. The van der Waals surface area contributed by atoms with Crippen molar-refractivity contribution in [3.8, 4) is 0 Å². The van der Waals surface area contributed by atoms with E-state index in [-0.39, 0.29) is 22.8 Å². The van der Waals surface area contributed by atoms with E-state index in [0.29, 0.717) is 10.8 Å². The maximum Gasteiger partial charge on any atom is 0.401 e. The summed E-state index contributed by atoms with van der Waals surface area (Å²) in [5.74, 6) is -2.26. The van der Waals surface area contributed by atoms with Crippen LogP contribution in [0, 0.1) is 0 Å². The smallest absolute Gasteiger partial charge is 0.349 e. The number of fused-ring (bicyclic) bond motifs is 1. The van der Waals surface area contributed by atoms with E-state index >= 15 is 0 Å². The minimum Gasteiger partial charge on any atom is -0.349 e. The van der Waals surface area contributed by atoms with Gasteiger partial charge < -0.3 is 9.36 Å². The van der Waals surface area contributed by atoms with Gasteiger partial charge in [-0.3, -0.25) is 9.59 Å². The molecule has 1 aliphatic rings. The fourth-order valence-electron chi connectivity index (χ4n) is 2.66. The van der Waals surface area contributed by atoms with Crippen molar-refractivity contribution in [3.05, 3.63) is 52.9 Å². The van der Waals surface area contributed by atoms with Crippen molar-refractivity contribution in [3.63, 3.8) is 0 Å². The summed E-state index contributed by atoms with van der Waals surface area (Å²) in [6.07, 6.45) is 1.71. The fraction of sp³-hybridized carbons (Fsp3) is 0.294. The monoisotopic (exact) mass is 328 g/mol. The fourth-order valence-corrected chi connectivity index (χ4v) is 2.66. The average molecular weight is 328 g/mol. The third-order valence-electron chi connectivity index (χ3n) is 4.06. The maximum absolute atomic E-state index is 12.2. The van der Waals surface area contributed by atoms with Crippen LogP contribution < -0.4 is 0 Å². The van der Waals surface area contributed by atoms with E-state index < -0.39 is 17.8 Å². The lowest BCUT2D eigenvalue weighted by atomic mass is 9.99. The van der Waals surface area contributed by atoms with Crippen molar-refractivity contribution in [2.75, 3.05) is 0 Å². The van der Waals surface area contributed by atoms with Gasteiger partial charge in [-0.2, -0.15) is 0 Å². The first-order chi connectivity index (χ1) is 11.6. The van der Waals surface area contributed by atoms with Crippen LogP contribution in [0.15, 0.2) is 34.9 Å². The molecule has 1 aromatic carbocycles. The minimum absolute atomic E-state index is 0.145. The van der Waals surface area contributed by atoms with E-state index in [0.717, 1.165) is 12.8 Å². The summed E-state index contributed by atoms with van der Waals surface area (Å²) >= 11 is 0. The molecule has 7 heteroatoms. The highest BCUT2D eigenvalue weighted by Crippen LogP contribution is 2.25. The highest BCUT2D eigenvalue weighted by Gasteiger charge is 2.39. The summed E-state index contributed by atoms with van der Waals surface area (Å²) in [6.45, 7) is 4.03. The number of nitrogens with zero attached hydrogens (tertiary/aromatic N) is 2. The van der Waals surface area contributed by atoms with Gasteiger partial charge in [0.25, 0.3) is 11.8 Å². The molecule has 0 fully saturated rings. The summed E-state index contributed by atoms with van der Waals surface area (Å²) in [5, 5.41) is 4.32. The van der Waals surface area contributed by atoms with Crippen LogP contribution in [0.1, 0.15) is 69.6 Å². The summed E-state index contributed by atoms with van der Waals surface area (Å²) < 4.78 is 5.00. The molecule has 0 saturated carbocycles. The van der Waals surface area contributed by atoms with Gasteiger partial charge >= 0.3 is 5.97 Å². The average Bonchev–Trinajstić information content (AvgIpc) is 3.17. The SMILES string of the molecule is CCC(CC)c1cc(C(=O)ON2C(=O)c3ccccc3C2=O)on1. The van der Waals surface area contributed by atoms with E-state index in [1.807, 2.05) is 13.8 Å². The summed E-state index contributed by atoms with van der Waals surface area (Å²) in [6, 6.07) is 7.76. The Morgan fingerprint density at radius 3 is 2.29 bits per heavy atom. The zero-order valence-corrected chi connectivity index (χ0v) is 13.3. The predicted molar refractivity (Wildman–Crippen MR) is 82.2 cm³/mol. The molecule has 0 radical (unpaired) electrons. The third kappa shape index (κ3) is 2.58. The van der Waals surface area contributed by atoms with Gasteiger partial charge in [0.1, 0.15) is 0 Å². The number of rotatable bonds is 5. The lowest BCUT2D eigenvalue weighted by Gasteiger charge is -2.10. The molecule has 0 N–H and O–H groups in total. The summed E-state index contributed by atoms with van der Waals surface area (Å²) in [5.41, 5.74) is 1.05. The second-order valence-electron chi connectivity index (χ2n) is 5.46. The number of hydroxylamine groups is 2. The Balaban J connectivity index is 1.77. The maximum atomic E-state index is 12.2. The number of benzene rings is 1. The van der Waals surface area contributed by atoms with Gasteiger partial charge in [0.15, 0.2) is 0 Å². The molecule has 1 aliphatic heterocycles. The number of hydrogen-bond acceptors (Lipinski definition) is 6. The molecule has 2 aromatic rings. The van der Waals surface area contributed by atoms with Crippen LogP contribution in [-0.4, -0.2) is 28.0 Å². The van der Waals surface area contributed by atoms with E-state index in [9.17, 15) is 14.4 Å². The third-order valence-corrected chi connectivity index (χ3v) is 4.06. The number of carbonyl (C=O) groups is 3. The Hall–Kier alpha value is -2.96. The number of aromatic nitrogens is 1. The summed E-state index contributed by atoms with van der Waals surface area (Å²) in [4.78, 5) is 41.4. The van der Waals surface area contributed by atoms with Crippen LogP contribution >= 0.6 is 0 Å². The highest BCUT2D eigenvalue weighted by molar-refractivity contribution is 6.21. The molecular formula is C17H16N2O5. The molecule has 0 atom stereocenters. The second-order valence-corrected chi connectivity index (χ2v) is 5.46. The van der Waals surface area contributed by atoms with Crippen LogP contribution in [0.3, 0.4) is 0 Å². The molecule has 0 unspecified atom stereocenters. The van der Waals surface area contributed by atoms with Crippen LogP contribution in [0.4, 0.5) is 0 Å². The summed E-state index contributed by atoms with van der Waals surface area (Å²) in [7, 11) is 0. The number of hydrogen-bond donors (Lipinski definition) is 0. The van der Waals surface area contributed by atoms with Gasteiger partial charge in [-0.25, -0.2) is 4.79 Å². The van der Waals surface area contributed by atoms with E-state index in [2.05, 4.69) is 5.16 Å². The van der Waals surface area contributed by atoms with Crippen LogP contribution in [-0.2, 0) is 4.84 Å². The van der Waals surface area contributed by atoms with Crippen LogP contribution in [0.5, 0.6) is 0 Å². The standard InChI is InChI=1S/C17H16N2O5/c1-3-10(4-2)13-9-14(23-18-13)17(22)24-19-15(20)11-7-5-6-8-12(11)16(19)21/h5-10H,3-4H2,1-2H3. The molecule has 7 nitrogen and oxygen atoms in total. The Morgan fingerprint density at radius 1 is 1.17 bits per heavy atom. The normalized spacial score (nSPS) is 13.5. The molecule has 0 aliphatic carbocycles. The predicted octanol–water partition coefficient (Wildman–Crippen LogP) is 2.95. The molecular weight excluding hydrogens is 312 g/mol. The lowest BCUT2D eigenvalue weighted by Crippen LogP contribution is -2.32. The first-order valence-electron chi connectivity index (χ1n) is 7.73. The molecule has 0 saturated heterocycles. The topological polar surface area (TPSA) is 89.7 Å². The molecule has 24 heavy (non-hydrogen) atoms. The Labute approximate surface area is 138 Å². The number of carbonyl (C=O) groups excluding carboxylic acids is 3. The molecule has 3 rings (SSSR count). The van der Waals surface area contributed by atoms with Crippen molar-refractivity contribution >= 4 is 17.8 Å². The molecule has 124 valence electrons. The lowest BCUT2D eigenvalue weighted by molar-refractivity contribution is -0.0607. The van der Waals surface area contributed by atoms with Crippen molar-refractivity contribution in [2.45, 2.75) is 32.6 Å². The molecule has 2 heterocycles. The van der Waals surface area contributed by atoms with E-state index in [1.165, 1.54) is 18.2 Å². The van der Waals surface area contributed by atoms with E-state index in [1.54, 1.807) is 12.1 Å². The molecule has 1 aromatic heterocycles. The first-order valence-corrected chi connectivity index (χ1v) is 7.73. The quantitative estimate of drug-likeness (QED) is 0.784.